The van der Waals surface area contributed by atoms with Crippen molar-refractivity contribution in [3.8, 4) is 0 Å². The van der Waals surface area contributed by atoms with Gasteiger partial charge in [0, 0.05) is 11.6 Å². The Morgan fingerprint density at radius 3 is 2.43 bits per heavy atom. The molecule has 0 heterocycles. The zero-order valence-corrected chi connectivity index (χ0v) is 18.2. The summed E-state index contributed by atoms with van der Waals surface area (Å²) in [4.78, 5) is 12.8. The fourth-order valence-electron chi connectivity index (χ4n) is 3.02. The first kappa shape index (κ1) is 24.0. The van der Waals surface area contributed by atoms with Gasteiger partial charge < -0.3 is 5.32 Å². The Morgan fingerprint density at radius 1 is 1.20 bits per heavy atom. The molecule has 0 radical (unpaired) electrons. The number of sulfonamides is 1. The van der Waals surface area contributed by atoms with Gasteiger partial charge in [-0.25, -0.2) is 8.42 Å². The third-order valence-electron chi connectivity index (χ3n) is 4.46. The first-order chi connectivity index (χ1) is 13.8. The van der Waals surface area contributed by atoms with Crippen LogP contribution in [0.15, 0.2) is 42.5 Å². The summed E-state index contributed by atoms with van der Waals surface area (Å²) in [5, 5.41) is 2.85. The van der Waals surface area contributed by atoms with Crippen LogP contribution in [0, 0.1) is 6.92 Å². The van der Waals surface area contributed by atoms with Crippen molar-refractivity contribution >= 4 is 33.2 Å². The van der Waals surface area contributed by atoms with E-state index >= 15 is 0 Å². The van der Waals surface area contributed by atoms with Crippen LogP contribution >= 0.6 is 11.6 Å². The predicted molar refractivity (Wildman–Crippen MR) is 111 cm³/mol. The number of carbonyl (C=O) groups is 1. The van der Waals surface area contributed by atoms with Crippen LogP contribution < -0.4 is 9.62 Å². The number of nitrogens with zero attached hydrogens (tertiary/aromatic N) is 1. The molecule has 1 unspecified atom stereocenters. The van der Waals surface area contributed by atoms with Crippen molar-refractivity contribution < 1.29 is 26.4 Å². The van der Waals surface area contributed by atoms with Crippen molar-refractivity contribution in [2.45, 2.75) is 39.0 Å². The average Bonchev–Trinajstić information content (AvgIpc) is 2.65. The molecule has 1 amide bonds. The van der Waals surface area contributed by atoms with Gasteiger partial charge in [-0.1, -0.05) is 36.7 Å². The molecule has 10 heteroatoms. The zero-order chi connectivity index (χ0) is 22.7. The van der Waals surface area contributed by atoms with Gasteiger partial charge in [0.2, 0.25) is 15.9 Å². The van der Waals surface area contributed by atoms with Crippen LogP contribution in [-0.2, 0) is 27.5 Å². The van der Waals surface area contributed by atoms with Crippen LogP contribution in [0.3, 0.4) is 0 Å². The number of halogens is 4. The third-order valence-corrected chi connectivity index (χ3v) is 5.86. The molecular weight excluding hydrogens is 441 g/mol. The highest BCUT2D eigenvalue weighted by atomic mass is 35.5. The predicted octanol–water partition coefficient (Wildman–Crippen LogP) is 4.53. The molecule has 2 aromatic rings. The molecule has 0 aromatic heterocycles. The van der Waals surface area contributed by atoms with E-state index in [2.05, 4.69) is 5.32 Å². The normalized spacial score (nSPS) is 13.0. The molecule has 0 saturated carbocycles. The first-order valence-electron chi connectivity index (χ1n) is 9.04. The molecule has 0 aliphatic heterocycles. The number of hydrogen-bond donors (Lipinski definition) is 1. The lowest BCUT2D eigenvalue weighted by atomic mass is 10.1. The number of benzene rings is 2. The van der Waals surface area contributed by atoms with E-state index in [-0.39, 0.29) is 24.2 Å². The van der Waals surface area contributed by atoms with Crippen molar-refractivity contribution in [3.05, 3.63) is 64.2 Å². The summed E-state index contributed by atoms with van der Waals surface area (Å²) in [6.07, 6.45) is -3.37. The van der Waals surface area contributed by atoms with Gasteiger partial charge in [0.15, 0.2) is 0 Å². The van der Waals surface area contributed by atoms with Gasteiger partial charge in [-0.2, -0.15) is 13.2 Å². The van der Waals surface area contributed by atoms with E-state index in [4.69, 9.17) is 11.6 Å². The molecular formula is C20H22ClF3N2O3S. The third kappa shape index (κ3) is 5.89. The van der Waals surface area contributed by atoms with Gasteiger partial charge in [-0.15, -0.1) is 0 Å². The lowest BCUT2D eigenvalue weighted by Gasteiger charge is -2.31. The van der Waals surface area contributed by atoms with Gasteiger partial charge in [-0.05, 0) is 48.7 Å². The summed E-state index contributed by atoms with van der Waals surface area (Å²) in [6, 6.07) is 8.19. The Hall–Kier alpha value is -2.26. The molecule has 0 fully saturated rings. The number of hydrogen-bond acceptors (Lipinski definition) is 3. The summed E-state index contributed by atoms with van der Waals surface area (Å²) < 4.78 is 64.6. The van der Waals surface area contributed by atoms with Gasteiger partial charge in [-0.3, -0.25) is 9.10 Å². The Balaban J connectivity index is 2.30. The summed E-state index contributed by atoms with van der Waals surface area (Å²) >= 11 is 6.02. The number of nitrogens with one attached hydrogen (secondary N) is 1. The highest BCUT2D eigenvalue weighted by Crippen LogP contribution is 2.30. The van der Waals surface area contributed by atoms with E-state index in [1.54, 1.807) is 26.0 Å². The van der Waals surface area contributed by atoms with Crippen molar-refractivity contribution in [1.82, 2.24) is 5.32 Å². The second-order valence-corrected chi connectivity index (χ2v) is 9.13. The van der Waals surface area contributed by atoms with Crippen LogP contribution in [0.25, 0.3) is 0 Å². The Bertz CT molecular complexity index is 1030. The molecule has 0 saturated heterocycles. The standard InChI is InChI=1S/C20H22ClF3N2O3S/c1-4-17(26(30(3,28)29)18-11-16(21)9-8-13(18)2)19(27)25-12-14-6-5-7-15(10-14)20(22,23)24/h5-11,17H,4,12H2,1-3H3,(H,25,27). The van der Waals surface area contributed by atoms with Crippen molar-refractivity contribution in [1.29, 1.82) is 0 Å². The van der Waals surface area contributed by atoms with Gasteiger partial charge in [0.05, 0.1) is 17.5 Å². The summed E-state index contributed by atoms with van der Waals surface area (Å²) in [7, 11) is -3.86. The summed E-state index contributed by atoms with van der Waals surface area (Å²) in [6.45, 7) is 3.16. The minimum absolute atomic E-state index is 0.146. The van der Waals surface area contributed by atoms with E-state index in [9.17, 15) is 26.4 Å². The zero-order valence-electron chi connectivity index (χ0n) is 16.6. The molecule has 0 spiro atoms. The Labute approximate surface area is 178 Å². The lowest BCUT2D eigenvalue weighted by Crippen LogP contribution is -2.49. The van der Waals surface area contributed by atoms with Crippen molar-refractivity contribution in [2.24, 2.45) is 0 Å². The van der Waals surface area contributed by atoms with E-state index in [0.29, 0.717) is 10.6 Å². The number of aryl methyl sites for hydroxylation is 1. The second kappa shape index (κ2) is 9.26. The maximum atomic E-state index is 12.9. The summed E-state index contributed by atoms with van der Waals surface area (Å²) in [5.41, 5.74) is 0.298. The fraction of sp³-hybridized carbons (Fsp3) is 0.350. The lowest BCUT2D eigenvalue weighted by molar-refractivity contribution is -0.137. The number of anilines is 1. The Morgan fingerprint density at radius 2 is 1.87 bits per heavy atom. The first-order valence-corrected chi connectivity index (χ1v) is 11.3. The average molecular weight is 463 g/mol. The maximum Gasteiger partial charge on any atom is 0.416 e. The molecule has 0 aliphatic rings. The largest absolute Gasteiger partial charge is 0.416 e. The van der Waals surface area contributed by atoms with E-state index < -0.39 is 33.7 Å². The molecule has 2 rings (SSSR count). The van der Waals surface area contributed by atoms with Crippen LogP contribution in [0.5, 0.6) is 0 Å². The van der Waals surface area contributed by atoms with Crippen LogP contribution in [0.2, 0.25) is 5.02 Å². The quantitative estimate of drug-likeness (QED) is 0.657. The molecule has 1 atom stereocenters. The fourth-order valence-corrected chi connectivity index (χ4v) is 4.45. The minimum atomic E-state index is -4.50. The number of amides is 1. The molecule has 164 valence electrons. The van der Waals surface area contributed by atoms with Crippen LogP contribution in [-0.4, -0.2) is 26.6 Å². The highest BCUT2D eigenvalue weighted by Gasteiger charge is 2.33. The number of carbonyl (C=O) groups excluding carboxylic acids is 1. The molecule has 5 nitrogen and oxygen atoms in total. The highest BCUT2D eigenvalue weighted by molar-refractivity contribution is 7.92. The molecule has 1 N–H and O–H groups in total. The smallest absolute Gasteiger partial charge is 0.350 e. The topological polar surface area (TPSA) is 66.5 Å². The molecule has 30 heavy (non-hydrogen) atoms. The second-order valence-electron chi connectivity index (χ2n) is 6.83. The number of rotatable bonds is 7. The minimum Gasteiger partial charge on any atom is -0.350 e. The monoisotopic (exact) mass is 462 g/mol. The molecule has 2 aromatic carbocycles. The summed E-state index contributed by atoms with van der Waals surface area (Å²) in [5.74, 6) is -0.625. The van der Waals surface area contributed by atoms with Crippen molar-refractivity contribution in [3.63, 3.8) is 0 Å². The van der Waals surface area contributed by atoms with Gasteiger partial charge in [0.25, 0.3) is 0 Å². The SMILES string of the molecule is CCC(C(=O)NCc1cccc(C(F)(F)F)c1)N(c1cc(Cl)ccc1C)S(C)(=O)=O. The van der Waals surface area contributed by atoms with E-state index in [0.717, 1.165) is 22.7 Å². The van der Waals surface area contributed by atoms with Gasteiger partial charge in [0.1, 0.15) is 6.04 Å². The van der Waals surface area contributed by atoms with Crippen molar-refractivity contribution in [2.75, 3.05) is 10.6 Å². The molecule has 0 aliphatic carbocycles. The molecule has 0 bridgehead atoms. The van der Waals surface area contributed by atoms with E-state index in [1.165, 1.54) is 18.2 Å². The van der Waals surface area contributed by atoms with Gasteiger partial charge >= 0.3 is 6.18 Å². The van der Waals surface area contributed by atoms with Crippen LogP contribution in [0.1, 0.15) is 30.0 Å². The Kier molecular flexibility index (Phi) is 7.41. The van der Waals surface area contributed by atoms with Crippen LogP contribution in [0.4, 0.5) is 18.9 Å². The van der Waals surface area contributed by atoms with E-state index in [1.807, 2.05) is 0 Å². The number of alkyl halides is 3. The maximum absolute atomic E-state index is 12.9.